The largest absolute Gasteiger partial charge is 0.497 e. The van der Waals surface area contributed by atoms with Crippen LogP contribution in [0.25, 0.3) is 0 Å². The highest BCUT2D eigenvalue weighted by Crippen LogP contribution is 2.17. The van der Waals surface area contributed by atoms with Gasteiger partial charge in [0.05, 0.1) is 7.11 Å². The van der Waals surface area contributed by atoms with Crippen molar-refractivity contribution in [1.82, 2.24) is 4.90 Å². The van der Waals surface area contributed by atoms with Crippen LogP contribution in [0.1, 0.15) is 32.3 Å². The van der Waals surface area contributed by atoms with Crippen LogP contribution < -0.4 is 10.5 Å². The normalized spacial score (nSPS) is 12.3. The highest BCUT2D eigenvalue weighted by Gasteiger charge is 2.17. The lowest BCUT2D eigenvalue weighted by Crippen LogP contribution is -2.30. The first-order valence-corrected chi connectivity index (χ1v) is 7.53. The molecule has 4 nitrogen and oxygen atoms in total. The first kappa shape index (κ1) is 17.5. The fourth-order valence-electron chi connectivity index (χ4n) is 2.43. The Morgan fingerprint density at radius 1 is 1.29 bits per heavy atom. The first-order valence-electron chi connectivity index (χ1n) is 7.53. The quantitative estimate of drug-likeness (QED) is 0.801. The van der Waals surface area contributed by atoms with E-state index in [-0.39, 0.29) is 11.8 Å². The lowest BCUT2D eigenvalue weighted by molar-refractivity contribution is -0.131. The third kappa shape index (κ3) is 6.17. The molecule has 1 atom stereocenters. The lowest BCUT2D eigenvalue weighted by Gasteiger charge is -2.22. The maximum absolute atomic E-state index is 12.3. The fraction of sp³-hybridized carbons (Fsp3) is 0.588. The molecule has 0 radical (unpaired) electrons. The van der Waals surface area contributed by atoms with Crippen molar-refractivity contribution in [2.75, 3.05) is 20.7 Å². The van der Waals surface area contributed by atoms with Crippen molar-refractivity contribution < 1.29 is 9.53 Å². The van der Waals surface area contributed by atoms with E-state index in [1.165, 1.54) is 0 Å². The van der Waals surface area contributed by atoms with E-state index < -0.39 is 0 Å². The smallest absolute Gasteiger partial charge is 0.222 e. The van der Waals surface area contributed by atoms with Gasteiger partial charge in [0.15, 0.2) is 0 Å². The Labute approximate surface area is 128 Å². The molecule has 4 heteroatoms. The number of methoxy groups -OCH3 is 1. The Morgan fingerprint density at radius 3 is 2.38 bits per heavy atom. The minimum atomic E-state index is 0.155. The minimum absolute atomic E-state index is 0.155. The van der Waals surface area contributed by atoms with Gasteiger partial charge in [-0.2, -0.15) is 0 Å². The van der Waals surface area contributed by atoms with Crippen LogP contribution in [-0.4, -0.2) is 31.5 Å². The van der Waals surface area contributed by atoms with Gasteiger partial charge in [0, 0.05) is 20.0 Å². The standard InChI is InChI=1S/C17H28N2O2/c1-13(2)9-15(11-18)10-17(20)19(3)12-14-5-7-16(21-4)8-6-14/h5-8,13,15H,9-12,18H2,1-4H3. The summed E-state index contributed by atoms with van der Waals surface area (Å²) >= 11 is 0. The van der Waals surface area contributed by atoms with Crippen LogP contribution in [0, 0.1) is 11.8 Å². The molecule has 2 N–H and O–H groups in total. The molecule has 0 aliphatic carbocycles. The van der Waals surface area contributed by atoms with Gasteiger partial charge < -0.3 is 15.4 Å². The third-order valence-corrected chi connectivity index (χ3v) is 3.61. The summed E-state index contributed by atoms with van der Waals surface area (Å²) in [6.45, 7) is 5.50. The summed E-state index contributed by atoms with van der Waals surface area (Å²) in [5.74, 6) is 1.82. The van der Waals surface area contributed by atoms with Gasteiger partial charge in [-0.3, -0.25) is 4.79 Å². The number of nitrogens with zero attached hydrogens (tertiary/aromatic N) is 1. The Kier molecular flexibility index (Phi) is 7.23. The van der Waals surface area contributed by atoms with E-state index in [4.69, 9.17) is 10.5 Å². The highest BCUT2D eigenvalue weighted by atomic mass is 16.5. The molecule has 0 bridgehead atoms. The minimum Gasteiger partial charge on any atom is -0.497 e. The van der Waals surface area contributed by atoms with Crippen molar-refractivity contribution in [2.45, 2.75) is 33.2 Å². The van der Waals surface area contributed by atoms with Gasteiger partial charge in [0.2, 0.25) is 5.91 Å². The van der Waals surface area contributed by atoms with Gasteiger partial charge in [-0.05, 0) is 42.5 Å². The molecule has 1 amide bonds. The topological polar surface area (TPSA) is 55.6 Å². The zero-order chi connectivity index (χ0) is 15.8. The van der Waals surface area contributed by atoms with Gasteiger partial charge in [0.25, 0.3) is 0 Å². The molecule has 21 heavy (non-hydrogen) atoms. The second-order valence-corrected chi connectivity index (χ2v) is 6.03. The Morgan fingerprint density at radius 2 is 1.90 bits per heavy atom. The van der Waals surface area contributed by atoms with Crippen molar-refractivity contribution >= 4 is 5.91 Å². The number of amides is 1. The van der Waals surface area contributed by atoms with Crippen molar-refractivity contribution in [3.8, 4) is 5.75 Å². The fourth-order valence-corrected chi connectivity index (χ4v) is 2.43. The molecule has 0 aliphatic rings. The number of carbonyl (C=O) groups is 1. The predicted octanol–water partition coefficient (Wildman–Crippen LogP) is 2.66. The summed E-state index contributed by atoms with van der Waals surface area (Å²) in [6.07, 6.45) is 1.53. The Balaban J connectivity index is 2.52. The van der Waals surface area contributed by atoms with Gasteiger partial charge in [-0.25, -0.2) is 0 Å². The van der Waals surface area contributed by atoms with E-state index in [1.54, 1.807) is 12.0 Å². The van der Waals surface area contributed by atoms with E-state index in [1.807, 2.05) is 31.3 Å². The molecule has 0 fully saturated rings. The second-order valence-electron chi connectivity index (χ2n) is 6.03. The summed E-state index contributed by atoms with van der Waals surface area (Å²) in [7, 11) is 3.49. The summed E-state index contributed by atoms with van der Waals surface area (Å²) < 4.78 is 5.13. The number of hydrogen-bond donors (Lipinski definition) is 1. The molecule has 0 heterocycles. The van der Waals surface area contributed by atoms with Gasteiger partial charge in [0.1, 0.15) is 5.75 Å². The van der Waals surface area contributed by atoms with E-state index >= 15 is 0 Å². The molecule has 0 spiro atoms. The van der Waals surface area contributed by atoms with Crippen molar-refractivity contribution in [3.05, 3.63) is 29.8 Å². The average molecular weight is 292 g/mol. The van der Waals surface area contributed by atoms with Crippen molar-refractivity contribution in [2.24, 2.45) is 17.6 Å². The molecule has 0 aromatic heterocycles. The molecular weight excluding hydrogens is 264 g/mol. The summed E-state index contributed by atoms with van der Waals surface area (Å²) in [6, 6.07) is 7.79. The average Bonchev–Trinajstić information content (AvgIpc) is 2.46. The first-order chi connectivity index (χ1) is 9.96. The number of nitrogens with two attached hydrogens (primary N) is 1. The van der Waals surface area contributed by atoms with Crippen LogP contribution >= 0.6 is 0 Å². The lowest BCUT2D eigenvalue weighted by atomic mass is 9.94. The Hall–Kier alpha value is -1.55. The van der Waals surface area contributed by atoms with Crippen LogP contribution in [0.2, 0.25) is 0 Å². The summed E-state index contributed by atoms with van der Waals surface area (Å²) in [5, 5.41) is 0. The summed E-state index contributed by atoms with van der Waals surface area (Å²) in [4.78, 5) is 14.0. The van der Waals surface area contributed by atoms with Crippen LogP contribution in [0.5, 0.6) is 5.75 Å². The second kappa shape index (κ2) is 8.67. The molecule has 1 aromatic carbocycles. The van der Waals surface area contributed by atoms with E-state index in [0.717, 1.165) is 17.7 Å². The molecule has 0 aliphatic heterocycles. The third-order valence-electron chi connectivity index (χ3n) is 3.61. The maximum atomic E-state index is 12.3. The number of benzene rings is 1. The van der Waals surface area contributed by atoms with Gasteiger partial charge in [-0.15, -0.1) is 0 Å². The molecule has 1 rings (SSSR count). The number of rotatable bonds is 8. The summed E-state index contributed by atoms with van der Waals surface area (Å²) in [5.41, 5.74) is 6.87. The van der Waals surface area contributed by atoms with Gasteiger partial charge in [-0.1, -0.05) is 26.0 Å². The Bertz CT molecular complexity index is 429. The molecule has 0 saturated carbocycles. The van der Waals surface area contributed by atoms with E-state index in [0.29, 0.717) is 25.4 Å². The van der Waals surface area contributed by atoms with Crippen molar-refractivity contribution in [1.29, 1.82) is 0 Å². The van der Waals surface area contributed by atoms with Crippen LogP contribution in [0.3, 0.4) is 0 Å². The maximum Gasteiger partial charge on any atom is 0.222 e. The zero-order valence-corrected chi connectivity index (χ0v) is 13.6. The van der Waals surface area contributed by atoms with Crippen LogP contribution in [0.4, 0.5) is 0 Å². The molecule has 1 unspecified atom stereocenters. The molecule has 1 aromatic rings. The van der Waals surface area contributed by atoms with Gasteiger partial charge >= 0.3 is 0 Å². The molecule has 0 saturated heterocycles. The van der Waals surface area contributed by atoms with Crippen molar-refractivity contribution in [3.63, 3.8) is 0 Å². The molecule has 118 valence electrons. The number of ether oxygens (including phenoxy) is 1. The number of hydrogen-bond acceptors (Lipinski definition) is 3. The van der Waals surface area contributed by atoms with Crippen LogP contribution in [0.15, 0.2) is 24.3 Å². The van der Waals surface area contributed by atoms with E-state index in [2.05, 4.69) is 13.8 Å². The predicted molar refractivity (Wildman–Crippen MR) is 86.1 cm³/mol. The zero-order valence-electron chi connectivity index (χ0n) is 13.6. The number of carbonyl (C=O) groups excluding carboxylic acids is 1. The molecular formula is C17H28N2O2. The van der Waals surface area contributed by atoms with Crippen LogP contribution in [-0.2, 0) is 11.3 Å². The van der Waals surface area contributed by atoms with E-state index in [9.17, 15) is 4.79 Å². The SMILES string of the molecule is COc1ccc(CN(C)C(=O)CC(CN)CC(C)C)cc1. The monoisotopic (exact) mass is 292 g/mol. The highest BCUT2D eigenvalue weighted by molar-refractivity contribution is 5.76.